The molecule has 2 rings (SSSR count). The maximum Gasteiger partial charge on any atom is 0.0719 e. The predicted octanol–water partition coefficient (Wildman–Crippen LogP) is 5.81. The first-order valence-corrected chi connectivity index (χ1v) is 8.78. The molecule has 1 fully saturated rings. The third-order valence-corrected chi connectivity index (χ3v) is 4.88. The smallest absolute Gasteiger partial charge is 0.0719 e. The van der Waals surface area contributed by atoms with Crippen LogP contribution in [-0.2, 0) is 4.74 Å². The molecule has 0 radical (unpaired) electrons. The zero-order chi connectivity index (χ0) is 14.2. The van der Waals surface area contributed by atoms with Crippen LogP contribution in [0.1, 0.15) is 78.1 Å². The van der Waals surface area contributed by atoms with Gasteiger partial charge in [0.25, 0.3) is 0 Å². The molecule has 114 valence electrons. The van der Waals surface area contributed by atoms with Crippen molar-refractivity contribution in [1.29, 1.82) is 0 Å². The first kappa shape index (κ1) is 15.8. The topological polar surface area (TPSA) is 9.23 Å². The molecule has 0 saturated heterocycles. The molecule has 1 saturated carbocycles. The lowest BCUT2D eigenvalue weighted by Gasteiger charge is -2.20. The molecule has 0 aromatic rings. The van der Waals surface area contributed by atoms with Crippen LogP contribution >= 0.6 is 0 Å². The van der Waals surface area contributed by atoms with Crippen LogP contribution in [0.5, 0.6) is 0 Å². The average Bonchev–Trinajstić information content (AvgIpc) is 2.96. The number of rotatable bonds is 8. The molecule has 0 aliphatic heterocycles. The standard InChI is InChI=1S/C19H32O/c1-3-4-11-18-12-7-8-13-19(18)15-20-16(2)14-17-9-5-6-10-17/h8,13,16-17H,3-7,9-12,14-15H2,1-2H3. The fourth-order valence-corrected chi connectivity index (χ4v) is 3.60. The highest BCUT2D eigenvalue weighted by Crippen LogP contribution is 2.30. The van der Waals surface area contributed by atoms with Crippen LogP contribution in [0.2, 0.25) is 0 Å². The maximum absolute atomic E-state index is 6.14. The first-order valence-electron chi connectivity index (χ1n) is 8.78. The largest absolute Gasteiger partial charge is 0.374 e. The van der Waals surface area contributed by atoms with Gasteiger partial charge in [0.15, 0.2) is 0 Å². The summed E-state index contributed by atoms with van der Waals surface area (Å²) in [4.78, 5) is 0. The van der Waals surface area contributed by atoms with E-state index in [2.05, 4.69) is 26.0 Å². The fourth-order valence-electron chi connectivity index (χ4n) is 3.60. The van der Waals surface area contributed by atoms with E-state index < -0.39 is 0 Å². The van der Waals surface area contributed by atoms with Crippen LogP contribution < -0.4 is 0 Å². The lowest BCUT2D eigenvalue weighted by atomic mass is 9.94. The number of unbranched alkanes of at least 4 members (excludes halogenated alkanes) is 1. The van der Waals surface area contributed by atoms with E-state index in [9.17, 15) is 0 Å². The van der Waals surface area contributed by atoms with Crippen LogP contribution in [0.15, 0.2) is 23.3 Å². The van der Waals surface area contributed by atoms with Crippen molar-refractivity contribution in [2.75, 3.05) is 6.61 Å². The minimum absolute atomic E-state index is 0.424. The zero-order valence-electron chi connectivity index (χ0n) is 13.5. The summed E-state index contributed by atoms with van der Waals surface area (Å²) in [5.74, 6) is 0.931. The number of allylic oxidation sites excluding steroid dienone is 2. The second-order valence-electron chi connectivity index (χ2n) is 6.68. The van der Waals surface area contributed by atoms with E-state index in [1.165, 1.54) is 69.8 Å². The van der Waals surface area contributed by atoms with E-state index >= 15 is 0 Å². The molecular weight excluding hydrogens is 244 g/mol. The molecule has 1 heteroatoms. The summed E-state index contributed by atoms with van der Waals surface area (Å²) in [5.41, 5.74) is 3.13. The van der Waals surface area contributed by atoms with Crippen molar-refractivity contribution in [2.24, 2.45) is 5.92 Å². The summed E-state index contributed by atoms with van der Waals surface area (Å²) in [6.07, 6.45) is 18.4. The summed E-state index contributed by atoms with van der Waals surface area (Å²) in [5, 5.41) is 0. The van der Waals surface area contributed by atoms with Crippen LogP contribution in [0.3, 0.4) is 0 Å². The lowest BCUT2D eigenvalue weighted by Crippen LogP contribution is -2.15. The van der Waals surface area contributed by atoms with Crippen molar-refractivity contribution in [3.8, 4) is 0 Å². The van der Waals surface area contributed by atoms with Gasteiger partial charge in [0, 0.05) is 0 Å². The van der Waals surface area contributed by atoms with E-state index in [-0.39, 0.29) is 0 Å². The summed E-state index contributed by atoms with van der Waals surface area (Å²) in [6.45, 7) is 5.37. The van der Waals surface area contributed by atoms with Gasteiger partial charge in [-0.25, -0.2) is 0 Å². The van der Waals surface area contributed by atoms with Crippen molar-refractivity contribution in [1.82, 2.24) is 0 Å². The Morgan fingerprint density at radius 1 is 1.30 bits per heavy atom. The normalized spacial score (nSPS) is 21.7. The van der Waals surface area contributed by atoms with Crippen molar-refractivity contribution >= 4 is 0 Å². The molecule has 0 amide bonds. The zero-order valence-corrected chi connectivity index (χ0v) is 13.5. The van der Waals surface area contributed by atoms with Gasteiger partial charge in [0.05, 0.1) is 12.7 Å². The van der Waals surface area contributed by atoms with E-state index in [1.807, 2.05) is 0 Å². The fraction of sp³-hybridized carbons (Fsp3) is 0.789. The van der Waals surface area contributed by atoms with Crippen molar-refractivity contribution in [3.63, 3.8) is 0 Å². The SMILES string of the molecule is CCCCC1=C(COC(C)CC2CCCC2)C=CCC1. The monoisotopic (exact) mass is 276 g/mol. The Hall–Kier alpha value is -0.560. The van der Waals surface area contributed by atoms with Crippen molar-refractivity contribution in [2.45, 2.75) is 84.2 Å². The molecule has 0 heterocycles. The average molecular weight is 276 g/mol. The minimum Gasteiger partial charge on any atom is -0.374 e. The first-order chi connectivity index (χ1) is 9.79. The highest BCUT2D eigenvalue weighted by atomic mass is 16.5. The summed E-state index contributed by atoms with van der Waals surface area (Å²) in [7, 11) is 0. The maximum atomic E-state index is 6.14. The molecule has 0 aromatic heterocycles. The third kappa shape index (κ3) is 5.09. The van der Waals surface area contributed by atoms with Gasteiger partial charge in [-0.05, 0) is 50.5 Å². The molecule has 1 atom stereocenters. The van der Waals surface area contributed by atoms with Crippen LogP contribution in [0, 0.1) is 5.92 Å². The van der Waals surface area contributed by atoms with Gasteiger partial charge >= 0.3 is 0 Å². The van der Waals surface area contributed by atoms with Crippen molar-refractivity contribution < 1.29 is 4.74 Å². The Balaban J connectivity index is 1.77. The Kier molecular flexibility index (Phi) is 6.86. The van der Waals surface area contributed by atoms with Crippen molar-refractivity contribution in [3.05, 3.63) is 23.3 Å². The van der Waals surface area contributed by atoms with E-state index in [0.717, 1.165) is 12.5 Å². The molecule has 2 aliphatic rings. The van der Waals surface area contributed by atoms with Crippen LogP contribution in [0.4, 0.5) is 0 Å². The Morgan fingerprint density at radius 3 is 2.85 bits per heavy atom. The minimum atomic E-state index is 0.424. The summed E-state index contributed by atoms with van der Waals surface area (Å²) < 4.78 is 6.14. The van der Waals surface area contributed by atoms with Crippen LogP contribution in [0.25, 0.3) is 0 Å². The third-order valence-electron chi connectivity index (χ3n) is 4.88. The molecule has 0 aromatic carbocycles. The number of hydrogen-bond donors (Lipinski definition) is 0. The Labute approximate surface area is 125 Å². The van der Waals surface area contributed by atoms with E-state index in [1.54, 1.807) is 5.57 Å². The van der Waals surface area contributed by atoms with E-state index in [4.69, 9.17) is 4.74 Å². The van der Waals surface area contributed by atoms with Gasteiger partial charge in [-0.3, -0.25) is 0 Å². The van der Waals surface area contributed by atoms with Gasteiger partial charge < -0.3 is 4.74 Å². The van der Waals surface area contributed by atoms with Crippen LogP contribution in [-0.4, -0.2) is 12.7 Å². The second-order valence-corrected chi connectivity index (χ2v) is 6.68. The molecule has 0 spiro atoms. The number of ether oxygens (including phenoxy) is 1. The predicted molar refractivity (Wildman–Crippen MR) is 86.9 cm³/mol. The molecule has 2 aliphatic carbocycles. The van der Waals surface area contributed by atoms with Gasteiger partial charge in [-0.15, -0.1) is 0 Å². The molecule has 20 heavy (non-hydrogen) atoms. The van der Waals surface area contributed by atoms with Gasteiger partial charge in [0.1, 0.15) is 0 Å². The molecule has 1 unspecified atom stereocenters. The Bertz CT molecular complexity index is 334. The summed E-state index contributed by atoms with van der Waals surface area (Å²) >= 11 is 0. The van der Waals surface area contributed by atoms with E-state index in [0.29, 0.717) is 6.10 Å². The number of hydrogen-bond acceptors (Lipinski definition) is 1. The lowest BCUT2D eigenvalue weighted by molar-refractivity contribution is 0.0655. The van der Waals surface area contributed by atoms with Gasteiger partial charge in [-0.1, -0.05) is 56.8 Å². The van der Waals surface area contributed by atoms with Gasteiger partial charge in [0.2, 0.25) is 0 Å². The Morgan fingerprint density at radius 2 is 2.10 bits per heavy atom. The second kappa shape index (κ2) is 8.67. The summed E-state index contributed by atoms with van der Waals surface area (Å²) in [6, 6.07) is 0. The highest BCUT2D eigenvalue weighted by Gasteiger charge is 2.18. The molecule has 0 bridgehead atoms. The molecular formula is C19H32O. The molecule has 0 N–H and O–H groups in total. The quantitative estimate of drug-likeness (QED) is 0.543. The van der Waals surface area contributed by atoms with Gasteiger partial charge in [-0.2, -0.15) is 0 Å². The molecule has 1 nitrogen and oxygen atoms in total. The highest BCUT2D eigenvalue weighted by molar-refractivity contribution is 5.30.